The van der Waals surface area contributed by atoms with Gasteiger partial charge in [0, 0.05) is 0 Å². The minimum absolute atomic E-state index is 0.0258. The number of carbonyl (C=O) groups is 1. The summed E-state index contributed by atoms with van der Waals surface area (Å²) in [5.41, 5.74) is 0. The molecular weight excluding hydrogens is 247 g/mol. The van der Waals surface area contributed by atoms with Crippen LogP contribution in [-0.4, -0.2) is 72.6 Å². The molecule has 7 N–H and O–H groups in total. The molecule has 0 bridgehead atoms. The number of aliphatic hydroxyl groups is 5. The summed E-state index contributed by atoms with van der Waals surface area (Å²) in [6, 6.07) is 0. The van der Waals surface area contributed by atoms with Gasteiger partial charge in [-0.2, -0.15) is 0 Å². The van der Waals surface area contributed by atoms with E-state index < -0.39 is 39.3 Å². The van der Waals surface area contributed by atoms with Crippen molar-refractivity contribution in [2.24, 2.45) is 0 Å². The van der Waals surface area contributed by atoms with Crippen molar-refractivity contribution < 1.29 is 44.7 Å². The van der Waals surface area contributed by atoms with Crippen molar-refractivity contribution in [2.45, 2.75) is 24.4 Å². The first kappa shape index (κ1) is 18.0. The number of aliphatic hydroxyl groups excluding tert-OH is 5. The number of carbonyl (C=O) groups excluding carboxylic acids is 1. The Morgan fingerprint density at radius 1 is 1.06 bits per heavy atom. The molecule has 0 rings (SSSR count). The highest BCUT2D eigenvalue weighted by molar-refractivity contribution is 7.30. The van der Waals surface area contributed by atoms with E-state index in [1.807, 2.05) is 0 Å². The summed E-state index contributed by atoms with van der Waals surface area (Å²) in [7, 11) is -3.13. The second-order valence-corrected chi connectivity index (χ2v) is 3.21. The molecule has 98 valence electrons. The molecule has 0 saturated heterocycles. The van der Waals surface area contributed by atoms with Gasteiger partial charge in [0.1, 0.15) is 24.4 Å². The monoisotopic (exact) mass is 262 g/mol. The quantitative estimate of drug-likeness (QED) is 0.192. The van der Waals surface area contributed by atoms with Crippen LogP contribution in [0.4, 0.5) is 0 Å². The molecule has 16 heavy (non-hydrogen) atoms. The van der Waals surface area contributed by atoms with Crippen LogP contribution in [0.15, 0.2) is 0 Å². The largest absolute Gasteiger partial charge is 0.394 e. The molecule has 0 spiro atoms. The standard InChI is InChI=1S/C6H12O6.H3O3P/c7-1-3(9)5(11)6(12)4(10)2-8;1-4(2)3/h1,3-6,8-12H,2H2;4H,(H2,1,2,3)/t3-,4+,5+,6+;/m0./s1. The normalized spacial score (nSPS) is 18.0. The fraction of sp³-hybridized carbons (Fsp3) is 0.833. The minimum atomic E-state index is -3.13. The molecule has 0 aliphatic carbocycles. The van der Waals surface area contributed by atoms with Gasteiger partial charge in [-0.1, -0.05) is 0 Å². The third-order valence-corrected chi connectivity index (χ3v) is 1.42. The second kappa shape index (κ2) is 9.82. The summed E-state index contributed by atoms with van der Waals surface area (Å²) < 4.78 is 8.74. The first-order chi connectivity index (χ1) is 7.27. The maximum atomic E-state index is 9.90. The molecule has 10 heteroatoms. The summed E-state index contributed by atoms with van der Waals surface area (Å²) in [6.45, 7) is -0.760. The minimum Gasteiger partial charge on any atom is -0.394 e. The van der Waals surface area contributed by atoms with Gasteiger partial charge in [0.2, 0.25) is 0 Å². The zero-order chi connectivity index (χ0) is 13.3. The van der Waals surface area contributed by atoms with Crippen molar-refractivity contribution in [3.8, 4) is 0 Å². The van der Waals surface area contributed by atoms with Crippen LogP contribution in [-0.2, 0) is 9.36 Å². The number of rotatable bonds is 5. The molecule has 0 aromatic heterocycles. The number of hydrogen-bond acceptors (Lipinski definition) is 7. The zero-order valence-corrected chi connectivity index (χ0v) is 9.04. The highest BCUT2D eigenvalue weighted by atomic mass is 31.1. The van der Waals surface area contributed by atoms with E-state index in [2.05, 4.69) is 0 Å². The molecule has 0 aromatic carbocycles. The van der Waals surface area contributed by atoms with E-state index in [1.165, 1.54) is 0 Å². The van der Waals surface area contributed by atoms with E-state index in [4.69, 9.17) is 39.9 Å². The predicted octanol–water partition coefficient (Wildman–Crippen LogP) is -4.02. The van der Waals surface area contributed by atoms with Gasteiger partial charge in [0.05, 0.1) is 6.61 Å². The maximum Gasteiger partial charge on any atom is 0.314 e. The van der Waals surface area contributed by atoms with Gasteiger partial charge in [-0.15, -0.1) is 0 Å². The van der Waals surface area contributed by atoms with Crippen LogP contribution in [0.2, 0.25) is 0 Å². The first-order valence-corrected chi connectivity index (χ1v) is 5.28. The molecule has 0 amide bonds. The Bertz CT molecular complexity index is 206. The molecule has 0 unspecified atom stereocenters. The molecule has 0 saturated carbocycles. The van der Waals surface area contributed by atoms with Crippen molar-refractivity contribution >= 4 is 14.5 Å². The van der Waals surface area contributed by atoms with E-state index in [0.29, 0.717) is 0 Å². The molecule has 4 atom stereocenters. The molecule has 9 nitrogen and oxygen atoms in total. The molecule has 0 aromatic rings. The van der Waals surface area contributed by atoms with Crippen molar-refractivity contribution in [3.63, 3.8) is 0 Å². The lowest BCUT2D eigenvalue weighted by molar-refractivity contribution is -0.136. The fourth-order valence-electron chi connectivity index (χ4n) is 0.618. The Morgan fingerprint density at radius 3 is 1.69 bits per heavy atom. The molecule has 0 aliphatic heterocycles. The van der Waals surface area contributed by atoms with E-state index >= 15 is 0 Å². The van der Waals surface area contributed by atoms with E-state index in [-0.39, 0.29) is 6.29 Å². The molecule has 0 aliphatic rings. The lowest BCUT2D eigenvalue weighted by Crippen LogP contribution is -2.46. The summed E-state index contributed by atoms with van der Waals surface area (Å²) in [5, 5.41) is 43.5. The van der Waals surface area contributed by atoms with Crippen molar-refractivity contribution in [1.82, 2.24) is 0 Å². The average molecular weight is 262 g/mol. The third-order valence-electron chi connectivity index (χ3n) is 1.42. The summed E-state index contributed by atoms with van der Waals surface area (Å²) in [4.78, 5) is 24.2. The van der Waals surface area contributed by atoms with E-state index in [1.54, 1.807) is 0 Å². The van der Waals surface area contributed by atoms with Crippen LogP contribution >= 0.6 is 8.25 Å². The van der Waals surface area contributed by atoms with Gasteiger partial charge in [-0.05, 0) is 0 Å². The van der Waals surface area contributed by atoms with Gasteiger partial charge in [-0.25, -0.2) is 0 Å². The summed E-state index contributed by atoms with van der Waals surface area (Å²) in [6.07, 6.45) is -6.84. The van der Waals surface area contributed by atoms with Gasteiger partial charge in [0.15, 0.2) is 6.29 Å². The van der Waals surface area contributed by atoms with Crippen molar-refractivity contribution in [1.29, 1.82) is 0 Å². The SMILES string of the molecule is O=C[C@H](O)[C@@H](O)[C@H](O)[C@H](O)CO.O=[PH](O)O. The van der Waals surface area contributed by atoms with Crippen molar-refractivity contribution in [3.05, 3.63) is 0 Å². The van der Waals surface area contributed by atoms with Crippen LogP contribution in [0, 0.1) is 0 Å². The molecule has 0 fully saturated rings. The predicted molar refractivity (Wildman–Crippen MR) is 50.6 cm³/mol. The number of hydrogen-bond donors (Lipinski definition) is 7. The highest BCUT2D eigenvalue weighted by Gasteiger charge is 2.29. The Kier molecular flexibility index (Phi) is 11.0. The van der Waals surface area contributed by atoms with Crippen molar-refractivity contribution in [2.75, 3.05) is 6.61 Å². The Hall–Kier alpha value is -0.380. The highest BCUT2D eigenvalue weighted by Crippen LogP contribution is 2.02. The van der Waals surface area contributed by atoms with Crippen LogP contribution in [0.3, 0.4) is 0 Å². The number of aldehydes is 1. The van der Waals surface area contributed by atoms with Gasteiger partial charge < -0.3 is 40.1 Å². The van der Waals surface area contributed by atoms with Crippen LogP contribution in [0.1, 0.15) is 0 Å². The lowest BCUT2D eigenvalue weighted by atomic mass is 10.0. The molecule has 0 radical (unpaired) electrons. The van der Waals surface area contributed by atoms with Crippen LogP contribution in [0.25, 0.3) is 0 Å². The van der Waals surface area contributed by atoms with Crippen LogP contribution in [0.5, 0.6) is 0 Å². The zero-order valence-electron chi connectivity index (χ0n) is 8.04. The Morgan fingerprint density at radius 2 is 1.44 bits per heavy atom. The van der Waals surface area contributed by atoms with Crippen LogP contribution < -0.4 is 0 Å². The summed E-state index contributed by atoms with van der Waals surface area (Å²) >= 11 is 0. The Labute approximate surface area is 91.2 Å². The van der Waals surface area contributed by atoms with E-state index in [0.717, 1.165) is 0 Å². The van der Waals surface area contributed by atoms with E-state index in [9.17, 15) is 4.79 Å². The van der Waals surface area contributed by atoms with Gasteiger partial charge in [0.25, 0.3) is 0 Å². The smallest absolute Gasteiger partial charge is 0.314 e. The average Bonchev–Trinajstić information content (AvgIpc) is 2.24. The Balaban J connectivity index is 0. The molecular formula is C6H15O9P. The lowest BCUT2D eigenvalue weighted by Gasteiger charge is -2.22. The maximum absolute atomic E-state index is 9.90. The summed E-state index contributed by atoms with van der Waals surface area (Å²) in [5.74, 6) is 0. The topological polar surface area (TPSA) is 176 Å². The second-order valence-electron chi connectivity index (χ2n) is 2.64. The first-order valence-electron chi connectivity index (χ1n) is 3.98. The fourth-order valence-corrected chi connectivity index (χ4v) is 0.618. The van der Waals surface area contributed by atoms with Gasteiger partial charge >= 0.3 is 8.25 Å². The third kappa shape index (κ3) is 8.89. The molecule has 0 heterocycles. The van der Waals surface area contributed by atoms with Gasteiger partial charge in [-0.3, -0.25) is 4.57 Å².